The molecule has 0 fully saturated rings. The average molecular weight is 313 g/mol. The number of pyridine rings is 2. The summed E-state index contributed by atoms with van der Waals surface area (Å²) in [6, 6.07) is 12.2. The molecule has 0 unspecified atom stereocenters. The molecule has 0 aromatic carbocycles. The van der Waals surface area contributed by atoms with Gasteiger partial charge in [0.05, 0.1) is 11.4 Å². The first-order valence-corrected chi connectivity index (χ1v) is 8.21. The van der Waals surface area contributed by atoms with Gasteiger partial charge in [0.1, 0.15) is 0 Å². The van der Waals surface area contributed by atoms with Crippen LogP contribution in [0.2, 0.25) is 0 Å². The van der Waals surface area contributed by atoms with Gasteiger partial charge in [-0.05, 0) is 38.1 Å². The Hall–Kier alpha value is -1.82. The molecule has 0 saturated heterocycles. The molecule has 0 radical (unpaired) electrons. The first-order valence-electron chi connectivity index (χ1n) is 8.21. The number of aryl methyl sites for hydroxylation is 2. The minimum Gasteiger partial charge on any atom is -0.314 e. The number of hydrogen-bond donors (Lipinski definition) is 3. The molecule has 0 bridgehead atoms. The Morgan fingerprint density at radius 2 is 1.09 bits per heavy atom. The normalized spacial score (nSPS) is 10.9. The van der Waals surface area contributed by atoms with Gasteiger partial charge < -0.3 is 16.0 Å². The third-order valence-corrected chi connectivity index (χ3v) is 3.46. The second-order valence-electron chi connectivity index (χ2n) is 5.64. The summed E-state index contributed by atoms with van der Waals surface area (Å²) < 4.78 is 0. The molecule has 124 valence electrons. The van der Waals surface area contributed by atoms with Gasteiger partial charge in [-0.3, -0.25) is 9.97 Å². The van der Waals surface area contributed by atoms with Crippen LogP contribution in [0.5, 0.6) is 0 Å². The van der Waals surface area contributed by atoms with E-state index in [0.717, 1.165) is 62.0 Å². The monoisotopic (exact) mass is 313 g/mol. The van der Waals surface area contributed by atoms with Crippen molar-refractivity contribution in [2.45, 2.75) is 26.9 Å². The molecule has 0 saturated carbocycles. The van der Waals surface area contributed by atoms with Gasteiger partial charge in [0.2, 0.25) is 0 Å². The summed E-state index contributed by atoms with van der Waals surface area (Å²) in [4.78, 5) is 8.94. The summed E-state index contributed by atoms with van der Waals surface area (Å²) in [5.74, 6) is 0. The highest BCUT2D eigenvalue weighted by Gasteiger charge is 1.96. The highest BCUT2D eigenvalue weighted by Crippen LogP contribution is 1.97. The Bertz CT molecular complexity index is 534. The summed E-state index contributed by atoms with van der Waals surface area (Å²) in [5.41, 5.74) is 4.32. The molecule has 23 heavy (non-hydrogen) atoms. The molecule has 5 heteroatoms. The average Bonchev–Trinajstić information content (AvgIpc) is 2.53. The van der Waals surface area contributed by atoms with Crippen LogP contribution in [0.15, 0.2) is 36.4 Å². The molecule has 0 atom stereocenters. The highest BCUT2D eigenvalue weighted by atomic mass is 15.0. The predicted molar refractivity (Wildman–Crippen MR) is 94.2 cm³/mol. The van der Waals surface area contributed by atoms with Gasteiger partial charge in [-0.1, -0.05) is 12.1 Å². The highest BCUT2D eigenvalue weighted by molar-refractivity contribution is 5.10. The lowest BCUT2D eigenvalue weighted by molar-refractivity contribution is 0.575. The molecule has 0 spiro atoms. The molecule has 2 heterocycles. The quantitative estimate of drug-likeness (QED) is 0.581. The van der Waals surface area contributed by atoms with Gasteiger partial charge in [0.15, 0.2) is 0 Å². The number of hydrogen-bond acceptors (Lipinski definition) is 5. The largest absolute Gasteiger partial charge is 0.314 e. The molecule has 0 aliphatic heterocycles. The molecular weight excluding hydrogens is 286 g/mol. The third kappa shape index (κ3) is 7.32. The molecule has 2 rings (SSSR count). The van der Waals surface area contributed by atoms with E-state index in [-0.39, 0.29) is 0 Å². The van der Waals surface area contributed by atoms with E-state index < -0.39 is 0 Å². The lowest BCUT2D eigenvalue weighted by atomic mass is 10.3. The fraction of sp³-hybridized carbons (Fsp3) is 0.444. The number of nitrogens with zero attached hydrogens (tertiary/aromatic N) is 2. The van der Waals surface area contributed by atoms with E-state index in [2.05, 4.69) is 38.1 Å². The first-order chi connectivity index (χ1) is 11.2. The Morgan fingerprint density at radius 3 is 1.52 bits per heavy atom. The fourth-order valence-electron chi connectivity index (χ4n) is 2.31. The topological polar surface area (TPSA) is 61.9 Å². The second-order valence-corrected chi connectivity index (χ2v) is 5.64. The maximum atomic E-state index is 4.47. The van der Waals surface area contributed by atoms with E-state index >= 15 is 0 Å². The molecule has 0 aliphatic rings. The van der Waals surface area contributed by atoms with E-state index in [1.807, 2.05) is 38.1 Å². The van der Waals surface area contributed by atoms with Crippen LogP contribution in [-0.4, -0.2) is 36.1 Å². The minimum atomic E-state index is 0.820. The van der Waals surface area contributed by atoms with E-state index in [1.54, 1.807) is 0 Å². The molecule has 2 aromatic heterocycles. The van der Waals surface area contributed by atoms with E-state index in [1.165, 1.54) is 0 Å². The smallest absolute Gasteiger partial charge is 0.0544 e. The molecular formula is C18H27N5. The van der Waals surface area contributed by atoms with Crippen molar-refractivity contribution in [3.8, 4) is 0 Å². The Balaban J connectivity index is 1.45. The summed E-state index contributed by atoms with van der Waals surface area (Å²) in [7, 11) is 0. The Kier molecular flexibility index (Phi) is 7.66. The van der Waals surface area contributed by atoms with Gasteiger partial charge in [0.25, 0.3) is 0 Å². The van der Waals surface area contributed by atoms with Gasteiger partial charge in [-0.25, -0.2) is 0 Å². The maximum absolute atomic E-state index is 4.47. The van der Waals surface area contributed by atoms with Crippen molar-refractivity contribution in [2.24, 2.45) is 0 Å². The number of nitrogens with one attached hydrogen (secondary N) is 3. The van der Waals surface area contributed by atoms with Crippen LogP contribution in [-0.2, 0) is 13.1 Å². The molecule has 3 N–H and O–H groups in total. The standard InChI is InChI=1S/C18H27N5/c1-15-5-3-7-17(22-15)13-20-11-9-19-10-12-21-14-18-8-4-6-16(2)23-18/h3-8,19-21H,9-14H2,1-2H3. The third-order valence-electron chi connectivity index (χ3n) is 3.46. The predicted octanol–water partition coefficient (Wildman–Crippen LogP) is 1.56. The van der Waals surface area contributed by atoms with Crippen molar-refractivity contribution in [1.29, 1.82) is 0 Å². The zero-order chi connectivity index (χ0) is 16.3. The van der Waals surface area contributed by atoms with Crippen molar-refractivity contribution in [3.63, 3.8) is 0 Å². The Morgan fingerprint density at radius 1 is 0.652 bits per heavy atom. The fourth-order valence-corrected chi connectivity index (χ4v) is 2.31. The van der Waals surface area contributed by atoms with Crippen LogP contribution < -0.4 is 16.0 Å². The second kappa shape index (κ2) is 10.0. The zero-order valence-corrected chi connectivity index (χ0v) is 14.1. The van der Waals surface area contributed by atoms with Gasteiger partial charge in [-0.2, -0.15) is 0 Å². The molecule has 2 aromatic rings. The number of aromatic nitrogens is 2. The maximum Gasteiger partial charge on any atom is 0.0544 e. The van der Waals surface area contributed by atoms with Crippen molar-refractivity contribution in [3.05, 3.63) is 59.2 Å². The van der Waals surface area contributed by atoms with Crippen LogP contribution >= 0.6 is 0 Å². The van der Waals surface area contributed by atoms with Crippen LogP contribution in [0.4, 0.5) is 0 Å². The Labute approximate surface area is 138 Å². The zero-order valence-electron chi connectivity index (χ0n) is 14.1. The van der Waals surface area contributed by atoms with E-state index in [9.17, 15) is 0 Å². The van der Waals surface area contributed by atoms with Gasteiger partial charge in [0, 0.05) is 50.7 Å². The van der Waals surface area contributed by atoms with Crippen molar-refractivity contribution >= 4 is 0 Å². The first kappa shape index (κ1) is 17.5. The summed E-state index contributed by atoms with van der Waals surface area (Å²) in [5, 5.41) is 10.2. The summed E-state index contributed by atoms with van der Waals surface area (Å²) in [6.45, 7) is 9.46. The van der Waals surface area contributed by atoms with E-state index in [4.69, 9.17) is 0 Å². The van der Waals surface area contributed by atoms with Crippen LogP contribution in [0.25, 0.3) is 0 Å². The van der Waals surface area contributed by atoms with Crippen molar-refractivity contribution in [1.82, 2.24) is 25.9 Å². The van der Waals surface area contributed by atoms with E-state index in [0.29, 0.717) is 0 Å². The summed E-state index contributed by atoms with van der Waals surface area (Å²) in [6.07, 6.45) is 0. The van der Waals surface area contributed by atoms with Crippen molar-refractivity contribution in [2.75, 3.05) is 26.2 Å². The molecule has 0 amide bonds. The van der Waals surface area contributed by atoms with Gasteiger partial charge in [-0.15, -0.1) is 0 Å². The lowest BCUT2D eigenvalue weighted by Crippen LogP contribution is -2.32. The van der Waals surface area contributed by atoms with Crippen molar-refractivity contribution < 1.29 is 0 Å². The van der Waals surface area contributed by atoms with Crippen LogP contribution in [0, 0.1) is 13.8 Å². The van der Waals surface area contributed by atoms with Crippen LogP contribution in [0.3, 0.4) is 0 Å². The summed E-state index contributed by atoms with van der Waals surface area (Å²) >= 11 is 0. The van der Waals surface area contributed by atoms with Gasteiger partial charge >= 0.3 is 0 Å². The lowest BCUT2D eigenvalue weighted by Gasteiger charge is -2.08. The number of rotatable bonds is 10. The molecule has 5 nitrogen and oxygen atoms in total. The minimum absolute atomic E-state index is 0.820. The molecule has 0 aliphatic carbocycles. The SMILES string of the molecule is Cc1cccc(CNCCNCCNCc2cccc(C)n2)n1. The van der Waals surface area contributed by atoms with Crippen LogP contribution in [0.1, 0.15) is 22.8 Å².